The Labute approximate surface area is 112 Å². The van der Waals surface area contributed by atoms with Gasteiger partial charge in [0.05, 0.1) is 0 Å². The molecule has 19 heavy (non-hydrogen) atoms. The Balaban J connectivity index is 2.10. The molecule has 1 rings (SSSR count). The van der Waals surface area contributed by atoms with Gasteiger partial charge in [-0.3, -0.25) is 4.79 Å². The smallest absolute Gasteiger partial charge is 0.407 e. The second-order valence-electron chi connectivity index (χ2n) is 3.88. The van der Waals surface area contributed by atoms with Crippen LogP contribution in [0.2, 0.25) is 0 Å². The van der Waals surface area contributed by atoms with Crippen molar-refractivity contribution in [2.45, 2.75) is 13.0 Å². The van der Waals surface area contributed by atoms with Crippen molar-refractivity contribution in [1.29, 1.82) is 0 Å². The zero-order valence-electron chi connectivity index (χ0n) is 10.7. The maximum Gasteiger partial charge on any atom is 0.407 e. The van der Waals surface area contributed by atoms with Crippen LogP contribution in [0, 0.1) is 0 Å². The first-order valence-electron chi connectivity index (χ1n) is 6.13. The van der Waals surface area contributed by atoms with Gasteiger partial charge in [-0.15, -0.1) is 0 Å². The predicted molar refractivity (Wildman–Crippen MR) is 71.3 cm³/mol. The number of carbonyl (C=O) groups excluding carboxylic acids is 2. The summed E-state index contributed by atoms with van der Waals surface area (Å²) < 4.78 is 4.99. The first-order chi connectivity index (χ1) is 9.22. The standard InChI is InChI=1S/C13H19N3O3/c14-7-9-15-12(17)6-8-16-13(18)19-10-11-4-2-1-3-5-11/h1-5H,6-10,14H2,(H,15,17)(H,16,18). The largest absolute Gasteiger partial charge is 0.445 e. The molecule has 0 aliphatic rings. The summed E-state index contributed by atoms with van der Waals surface area (Å²) in [5.74, 6) is -0.145. The number of alkyl carbamates (subject to hydrolysis) is 1. The van der Waals surface area contributed by atoms with E-state index in [9.17, 15) is 9.59 Å². The fraction of sp³-hybridized carbons (Fsp3) is 0.385. The van der Waals surface area contributed by atoms with Crippen LogP contribution < -0.4 is 16.4 Å². The number of benzene rings is 1. The number of hydrogen-bond acceptors (Lipinski definition) is 4. The molecule has 0 aliphatic heterocycles. The maximum absolute atomic E-state index is 11.3. The second kappa shape index (κ2) is 8.93. The Morgan fingerprint density at radius 2 is 1.84 bits per heavy atom. The van der Waals surface area contributed by atoms with E-state index in [1.165, 1.54) is 0 Å². The summed E-state index contributed by atoms with van der Waals surface area (Å²) in [6.45, 7) is 1.30. The van der Waals surface area contributed by atoms with Crippen molar-refractivity contribution in [2.75, 3.05) is 19.6 Å². The molecule has 0 atom stereocenters. The van der Waals surface area contributed by atoms with Crippen LogP contribution >= 0.6 is 0 Å². The van der Waals surface area contributed by atoms with Crippen molar-refractivity contribution in [3.63, 3.8) is 0 Å². The van der Waals surface area contributed by atoms with Crippen molar-refractivity contribution in [1.82, 2.24) is 10.6 Å². The molecule has 0 saturated heterocycles. The number of rotatable bonds is 7. The zero-order valence-corrected chi connectivity index (χ0v) is 10.7. The molecule has 6 heteroatoms. The molecule has 1 aromatic carbocycles. The Morgan fingerprint density at radius 1 is 1.11 bits per heavy atom. The van der Waals surface area contributed by atoms with Crippen LogP contribution in [-0.4, -0.2) is 31.6 Å². The van der Waals surface area contributed by atoms with Crippen molar-refractivity contribution in [3.8, 4) is 0 Å². The maximum atomic E-state index is 11.3. The van der Waals surface area contributed by atoms with Crippen molar-refractivity contribution in [2.24, 2.45) is 5.73 Å². The normalized spacial score (nSPS) is 9.74. The van der Waals surface area contributed by atoms with E-state index in [2.05, 4.69) is 10.6 Å². The molecule has 0 heterocycles. The van der Waals surface area contributed by atoms with Crippen LogP contribution in [0.5, 0.6) is 0 Å². The lowest BCUT2D eigenvalue weighted by atomic mass is 10.2. The van der Waals surface area contributed by atoms with Crippen LogP contribution in [0.4, 0.5) is 4.79 Å². The van der Waals surface area contributed by atoms with Crippen LogP contribution in [0.1, 0.15) is 12.0 Å². The molecule has 4 N–H and O–H groups in total. The molecule has 0 fully saturated rings. The molecule has 0 aliphatic carbocycles. The van der Waals surface area contributed by atoms with Crippen molar-refractivity contribution < 1.29 is 14.3 Å². The fourth-order valence-corrected chi connectivity index (χ4v) is 1.35. The van der Waals surface area contributed by atoms with E-state index in [0.717, 1.165) is 5.56 Å². The first kappa shape index (κ1) is 15.0. The summed E-state index contributed by atoms with van der Waals surface area (Å²) in [5, 5.41) is 5.11. The van der Waals surface area contributed by atoms with E-state index >= 15 is 0 Å². The third kappa shape index (κ3) is 7.05. The Bertz CT molecular complexity index is 395. The third-order valence-corrected chi connectivity index (χ3v) is 2.30. The van der Waals surface area contributed by atoms with Gasteiger partial charge in [0.2, 0.25) is 5.91 Å². The van der Waals surface area contributed by atoms with Gasteiger partial charge in [0, 0.05) is 26.1 Å². The third-order valence-electron chi connectivity index (χ3n) is 2.30. The molecular weight excluding hydrogens is 246 g/mol. The average molecular weight is 265 g/mol. The molecule has 0 bridgehead atoms. The van der Waals surface area contributed by atoms with Crippen molar-refractivity contribution >= 4 is 12.0 Å². The van der Waals surface area contributed by atoms with Gasteiger partial charge < -0.3 is 21.1 Å². The highest BCUT2D eigenvalue weighted by Crippen LogP contribution is 2.00. The highest BCUT2D eigenvalue weighted by molar-refractivity contribution is 5.76. The molecule has 1 aromatic rings. The van der Waals surface area contributed by atoms with E-state index < -0.39 is 6.09 Å². The predicted octanol–water partition coefficient (Wildman–Crippen LogP) is 0.378. The number of hydrogen-bond donors (Lipinski definition) is 3. The molecular formula is C13H19N3O3. The van der Waals surface area contributed by atoms with E-state index in [-0.39, 0.29) is 25.5 Å². The van der Waals surface area contributed by atoms with E-state index in [0.29, 0.717) is 13.1 Å². The highest BCUT2D eigenvalue weighted by atomic mass is 16.5. The Hall–Kier alpha value is -2.08. The SMILES string of the molecule is NCCNC(=O)CCNC(=O)OCc1ccccc1. The summed E-state index contributed by atoms with van der Waals surface area (Å²) >= 11 is 0. The van der Waals surface area contributed by atoms with E-state index in [1.54, 1.807) is 0 Å². The number of amides is 2. The minimum Gasteiger partial charge on any atom is -0.445 e. The number of nitrogens with one attached hydrogen (secondary N) is 2. The highest BCUT2D eigenvalue weighted by Gasteiger charge is 2.04. The fourth-order valence-electron chi connectivity index (χ4n) is 1.35. The van der Waals surface area contributed by atoms with Gasteiger partial charge >= 0.3 is 6.09 Å². The summed E-state index contributed by atoms with van der Waals surface area (Å²) in [4.78, 5) is 22.5. The van der Waals surface area contributed by atoms with Crippen molar-refractivity contribution in [3.05, 3.63) is 35.9 Å². The van der Waals surface area contributed by atoms with Gasteiger partial charge in [-0.2, -0.15) is 0 Å². The van der Waals surface area contributed by atoms with Gasteiger partial charge in [-0.25, -0.2) is 4.79 Å². The summed E-state index contributed by atoms with van der Waals surface area (Å²) in [6.07, 6.45) is -0.323. The minimum atomic E-state index is -0.532. The first-order valence-corrected chi connectivity index (χ1v) is 6.13. The molecule has 104 valence electrons. The van der Waals surface area contributed by atoms with Crippen LogP contribution in [0.3, 0.4) is 0 Å². The lowest BCUT2D eigenvalue weighted by Crippen LogP contribution is -2.33. The molecule has 6 nitrogen and oxygen atoms in total. The van der Waals surface area contributed by atoms with Gasteiger partial charge in [-0.1, -0.05) is 30.3 Å². The molecule has 0 spiro atoms. The van der Waals surface area contributed by atoms with Gasteiger partial charge in [0.25, 0.3) is 0 Å². The average Bonchev–Trinajstić information content (AvgIpc) is 2.44. The lowest BCUT2D eigenvalue weighted by molar-refractivity contribution is -0.120. The summed E-state index contributed by atoms with van der Waals surface area (Å²) in [7, 11) is 0. The molecule has 0 radical (unpaired) electrons. The minimum absolute atomic E-state index is 0.145. The van der Waals surface area contributed by atoms with Crippen LogP contribution in [-0.2, 0) is 16.1 Å². The van der Waals surface area contributed by atoms with Gasteiger partial charge in [0.15, 0.2) is 0 Å². The van der Waals surface area contributed by atoms with Crippen LogP contribution in [0.25, 0.3) is 0 Å². The van der Waals surface area contributed by atoms with Gasteiger partial charge in [-0.05, 0) is 5.56 Å². The van der Waals surface area contributed by atoms with Gasteiger partial charge in [0.1, 0.15) is 6.61 Å². The molecule has 0 aromatic heterocycles. The molecule has 2 amide bonds. The molecule has 0 unspecified atom stereocenters. The second-order valence-corrected chi connectivity index (χ2v) is 3.88. The molecule has 0 saturated carbocycles. The number of carbonyl (C=O) groups is 2. The number of nitrogens with two attached hydrogens (primary N) is 1. The number of ether oxygens (including phenoxy) is 1. The van der Waals surface area contributed by atoms with E-state index in [1.807, 2.05) is 30.3 Å². The lowest BCUT2D eigenvalue weighted by Gasteiger charge is -2.07. The quantitative estimate of drug-likeness (QED) is 0.664. The summed E-state index contributed by atoms with van der Waals surface area (Å²) in [5.41, 5.74) is 6.16. The Morgan fingerprint density at radius 3 is 2.53 bits per heavy atom. The topological polar surface area (TPSA) is 93.5 Å². The summed E-state index contributed by atoms with van der Waals surface area (Å²) in [6, 6.07) is 9.38. The zero-order chi connectivity index (χ0) is 13.9. The monoisotopic (exact) mass is 265 g/mol. The Kier molecular flexibility index (Phi) is 7.04. The van der Waals surface area contributed by atoms with E-state index in [4.69, 9.17) is 10.5 Å². The van der Waals surface area contributed by atoms with Crippen LogP contribution in [0.15, 0.2) is 30.3 Å².